The maximum Gasteiger partial charge on any atom is 0.270 e. The summed E-state index contributed by atoms with van der Waals surface area (Å²) < 4.78 is 3.74. The van der Waals surface area contributed by atoms with Gasteiger partial charge in [-0.2, -0.15) is 5.10 Å². The second kappa shape index (κ2) is 5.84. The van der Waals surface area contributed by atoms with Crippen LogP contribution < -0.4 is 5.32 Å². The quantitative estimate of drug-likeness (QED) is 0.619. The average Bonchev–Trinajstić information content (AvgIpc) is 3.20. The Bertz CT molecular complexity index is 1090. The number of carbonyl (C=O) groups excluding carboxylic acids is 1. The molecule has 4 aromatic rings. The van der Waals surface area contributed by atoms with E-state index in [9.17, 15) is 4.79 Å². The Morgan fingerprint density at radius 3 is 2.73 bits per heavy atom. The van der Waals surface area contributed by atoms with Gasteiger partial charge in [-0.1, -0.05) is 12.1 Å². The van der Waals surface area contributed by atoms with Gasteiger partial charge in [0.1, 0.15) is 11.5 Å². The molecule has 0 spiro atoms. The summed E-state index contributed by atoms with van der Waals surface area (Å²) in [5, 5.41) is 7.41. The maximum absolute atomic E-state index is 12.5. The molecule has 4 aromatic heterocycles. The number of nitrogens with zero attached hydrogens (tertiary/aromatic N) is 4. The molecule has 6 nitrogen and oxygen atoms in total. The van der Waals surface area contributed by atoms with Crippen molar-refractivity contribution in [3.8, 4) is 16.9 Å². The van der Waals surface area contributed by atoms with Crippen LogP contribution in [-0.4, -0.2) is 31.1 Å². The van der Waals surface area contributed by atoms with Crippen molar-refractivity contribution in [2.75, 3.05) is 0 Å². The lowest BCUT2D eigenvalue weighted by atomic mass is 10.1. The van der Waals surface area contributed by atoms with Gasteiger partial charge in [0.05, 0.1) is 6.20 Å². The summed E-state index contributed by atoms with van der Waals surface area (Å²) in [5.74, 6) is 0.750. The van der Waals surface area contributed by atoms with E-state index in [4.69, 9.17) is 0 Å². The topological polar surface area (TPSA) is 64.2 Å². The van der Waals surface area contributed by atoms with Gasteiger partial charge in [0.2, 0.25) is 0 Å². The number of carbonyl (C=O) groups is 1. The molecule has 128 valence electrons. The predicted molar refractivity (Wildman–Crippen MR) is 98.2 cm³/mol. The zero-order chi connectivity index (χ0) is 17.5. The summed E-state index contributed by atoms with van der Waals surface area (Å²) in [7, 11) is 0. The van der Waals surface area contributed by atoms with Crippen LogP contribution in [0.25, 0.3) is 22.5 Å². The van der Waals surface area contributed by atoms with Crippen LogP contribution in [0, 0.1) is 0 Å². The molecule has 0 bridgehead atoms. The molecule has 1 fully saturated rings. The van der Waals surface area contributed by atoms with Gasteiger partial charge in [-0.15, -0.1) is 0 Å². The van der Waals surface area contributed by atoms with E-state index in [0.29, 0.717) is 11.7 Å². The fraction of sp³-hybridized carbons (Fsp3) is 0.150. The van der Waals surface area contributed by atoms with Gasteiger partial charge in [0.15, 0.2) is 0 Å². The van der Waals surface area contributed by atoms with Crippen molar-refractivity contribution in [2.24, 2.45) is 0 Å². The summed E-state index contributed by atoms with van der Waals surface area (Å²) in [6.07, 6.45) is 9.42. The van der Waals surface area contributed by atoms with Crippen molar-refractivity contribution >= 4 is 11.4 Å². The van der Waals surface area contributed by atoms with Crippen LogP contribution in [0.1, 0.15) is 23.3 Å². The molecule has 0 unspecified atom stereocenters. The zero-order valence-electron chi connectivity index (χ0n) is 14.0. The third kappa shape index (κ3) is 2.56. The first-order valence-electron chi connectivity index (χ1n) is 8.66. The van der Waals surface area contributed by atoms with Gasteiger partial charge >= 0.3 is 0 Å². The number of rotatable bonds is 4. The van der Waals surface area contributed by atoms with Crippen LogP contribution >= 0.6 is 0 Å². The molecule has 0 aliphatic heterocycles. The molecule has 5 rings (SSSR count). The van der Waals surface area contributed by atoms with Crippen LogP contribution in [0.5, 0.6) is 0 Å². The molecule has 0 aromatic carbocycles. The molecule has 0 saturated heterocycles. The van der Waals surface area contributed by atoms with E-state index in [0.717, 1.165) is 35.3 Å². The Balaban J connectivity index is 1.59. The molecule has 1 aliphatic carbocycles. The van der Waals surface area contributed by atoms with Crippen molar-refractivity contribution in [2.45, 2.75) is 18.9 Å². The molecule has 1 N–H and O–H groups in total. The minimum atomic E-state index is -0.0802. The molecule has 1 amide bonds. The highest BCUT2D eigenvalue weighted by molar-refractivity contribution is 5.93. The number of amides is 1. The van der Waals surface area contributed by atoms with Crippen LogP contribution in [0.2, 0.25) is 0 Å². The molecule has 6 heteroatoms. The van der Waals surface area contributed by atoms with Gasteiger partial charge < -0.3 is 9.72 Å². The molecule has 26 heavy (non-hydrogen) atoms. The van der Waals surface area contributed by atoms with Crippen molar-refractivity contribution in [3.05, 3.63) is 72.9 Å². The van der Waals surface area contributed by atoms with Crippen LogP contribution in [-0.2, 0) is 0 Å². The molecule has 4 heterocycles. The summed E-state index contributed by atoms with van der Waals surface area (Å²) >= 11 is 0. The molecule has 0 radical (unpaired) electrons. The lowest BCUT2D eigenvalue weighted by Crippen LogP contribution is -2.27. The second-order valence-corrected chi connectivity index (χ2v) is 6.52. The van der Waals surface area contributed by atoms with E-state index in [-0.39, 0.29) is 5.91 Å². The minimum absolute atomic E-state index is 0.0802. The number of fused-ring (bicyclic) bond motifs is 1. The Morgan fingerprint density at radius 1 is 1.04 bits per heavy atom. The number of nitrogens with one attached hydrogen (secondary N) is 1. The van der Waals surface area contributed by atoms with E-state index in [1.165, 1.54) is 0 Å². The van der Waals surface area contributed by atoms with E-state index < -0.39 is 0 Å². The Hall–Kier alpha value is -3.41. The lowest BCUT2D eigenvalue weighted by molar-refractivity contribution is 0.0943. The minimum Gasteiger partial charge on any atom is -0.348 e. The van der Waals surface area contributed by atoms with Gasteiger partial charge in [-0.05, 0) is 48.7 Å². The van der Waals surface area contributed by atoms with Gasteiger partial charge in [-0.3, -0.25) is 9.78 Å². The van der Waals surface area contributed by atoms with Crippen LogP contribution in [0.4, 0.5) is 0 Å². The Labute approximate surface area is 150 Å². The van der Waals surface area contributed by atoms with E-state index in [1.54, 1.807) is 23.1 Å². The van der Waals surface area contributed by atoms with Crippen molar-refractivity contribution in [3.63, 3.8) is 0 Å². The first-order chi connectivity index (χ1) is 12.8. The maximum atomic E-state index is 12.5. The number of pyridine rings is 2. The third-order valence-corrected chi connectivity index (χ3v) is 4.63. The number of hydrogen-bond donors (Lipinski definition) is 1. The summed E-state index contributed by atoms with van der Waals surface area (Å²) in [6.45, 7) is 0. The van der Waals surface area contributed by atoms with E-state index in [1.807, 2.05) is 41.1 Å². The highest BCUT2D eigenvalue weighted by Crippen LogP contribution is 2.23. The Morgan fingerprint density at radius 2 is 1.92 bits per heavy atom. The first kappa shape index (κ1) is 14.9. The van der Waals surface area contributed by atoms with Crippen molar-refractivity contribution in [1.82, 2.24) is 24.5 Å². The average molecular weight is 343 g/mol. The molecule has 0 atom stereocenters. The molecular weight excluding hydrogens is 326 g/mol. The number of aromatic nitrogens is 4. The Kier molecular flexibility index (Phi) is 3.35. The monoisotopic (exact) mass is 343 g/mol. The standard InChI is InChI=1S/C20H17N5O/c26-20(23-16-4-5-16)18-9-11-22-25(18)19-8-7-17-6-3-15(13-24(17)19)14-2-1-10-21-12-14/h1-3,6-13,16H,4-5H2,(H,23,26). The first-order valence-corrected chi connectivity index (χ1v) is 8.66. The van der Waals surface area contributed by atoms with Crippen LogP contribution in [0.15, 0.2) is 67.3 Å². The highest BCUT2D eigenvalue weighted by atomic mass is 16.2. The normalized spacial score (nSPS) is 13.8. The van der Waals surface area contributed by atoms with E-state index in [2.05, 4.69) is 27.5 Å². The summed E-state index contributed by atoms with van der Waals surface area (Å²) in [6, 6.07) is 14.1. The zero-order valence-corrected chi connectivity index (χ0v) is 14.0. The lowest BCUT2D eigenvalue weighted by Gasteiger charge is -2.10. The SMILES string of the molecule is O=C(NC1CC1)c1ccnn1-c1ccc2ccc(-c3cccnc3)cn12. The van der Waals surface area contributed by atoms with E-state index >= 15 is 0 Å². The van der Waals surface area contributed by atoms with Crippen molar-refractivity contribution in [1.29, 1.82) is 0 Å². The molecule has 1 aliphatic rings. The fourth-order valence-electron chi connectivity index (χ4n) is 3.11. The van der Waals surface area contributed by atoms with Gasteiger partial charge in [0.25, 0.3) is 5.91 Å². The molecule has 1 saturated carbocycles. The predicted octanol–water partition coefficient (Wildman–Crippen LogP) is 3.08. The number of hydrogen-bond acceptors (Lipinski definition) is 3. The van der Waals surface area contributed by atoms with Gasteiger partial charge in [0, 0.05) is 35.7 Å². The van der Waals surface area contributed by atoms with Gasteiger partial charge in [-0.25, -0.2) is 4.68 Å². The highest BCUT2D eigenvalue weighted by Gasteiger charge is 2.25. The smallest absolute Gasteiger partial charge is 0.270 e. The summed E-state index contributed by atoms with van der Waals surface area (Å²) in [4.78, 5) is 16.7. The summed E-state index contributed by atoms with van der Waals surface area (Å²) in [5.41, 5.74) is 3.68. The molecular formula is C20H17N5O. The largest absolute Gasteiger partial charge is 0.348 e. The second-order valence-electron chi connectivity index (χ2n) is 6.52. The fourth-order valence-corrected chi connectivity index (χ4v) is 3.11. The third-order valence-electron chi connectivity index (χ3n) is 4.63. The van der Waals surface area contributed by atoms with Crippen molar-refractivity contribution < 1.29 is 4.79 Å². The van der Waals surface area contributed by atoms with Crippen LogP contribution in [0.3, 0.4) is 0 Å².